The van der Waals surface area contributed by atoms with Crippen molar-refractivity contribution in [3.8, 4) is 17.2 Å². The van der Waals surface area contributed by atoms with Crippen LogP contribution in [0.5, 0.6) is 17.2 Å². The maximum Gasteiger partial charge on any atom is 0.231 e. The fraction of sp³-hybridized carbons (Fsp3) is 0.174. The highest BCUT2D eigenvalue weighted by atomic mass is 79.9. The summed E-state index contributed by atoms with van der Waals surface area (Å²) in [6.45, 7) is 0.270. The Morgan fingerprint density at radius 2 is 1.79 bits per heavy atom. The first-order valence-corrected chi connectivity index (χ1v) is 10.3. The molecule has 6 rings (SSSR count). The number of fused-ring (bicyclic) bond motifs is 4. The first-order chi connectivity index (χ1) is 14.3. The summed E-state index contributed by atoms with van der Waals surface area (Å²) in [5.74, 6) is 2.47. The van der Waals surface area contributed by atoms with Gasteiger partial charge in [0.25, 0.3) is 0 Å². The van der Waals surface area contributed by atoms with Crippen LogP contribution < -0.4 is 14.2 Å². The lowest BCUT2D eigenvalue weighted by atomic mass is 9.96. The molecule has 3 aliphatic rings. The second-order valence-corrected chi connectivity index (χ2v) is 8.19. The van der Waals surface area contributed by atoms with E-state index in [4.69, 9.17) is 19.3 Å². The van der Waals surface area contributed by atoms with Gasteiger partial charge in [-0.2, -0.15) is 5.10 Å². The summed E-state index contributed by atoms with van der Waals surface area (Å²) >= 11 is 3.57. The highest BCUT2D eigenvalue weighted by molar-refractivity contribution is 9.10. The van der Waals surface area contributed by atoms with Gasteiger partial charge >= 0.3 is 0 Å². The number of rotatable bonds is 2. The van der Waals surface area contributed by atoms with E-state index < -0.39 is 0 Å². The Bertz CT molecular complexity index is 1150. The molecule has 0 fully saturated rings. The van der Waals surface area contributed by atoms with Gasteiger partial charge in [-0.3, -0.25) is 0 Å². The van der Waals surface area contributed by atoms with E-state index in [1.54, 1.807) is 0 Å². The number of ether oxygens (including phenoxy) is 3. The SMILES string of the molecule is Brc1cccc([C@@H]2Oc3ccccc3[C@H]3CC(c4ccc5c(c4)OCO5)=NN32)c1. The zero-order valence-electron chi connectivity index (χ0n) is 15.4. The molecule has 3 aromatic rings. The van der Waals surface area contributed by atoms with E-state index in [1.807, 2.05) is 42.5 Å². The molecule has 0 N–H and O–H groups in total. The predicted molar refractivity (Wildman–Crippen MR) is 112 cm³/mol. The Labute approximate surface area is 176 Å². The number of halogens is 1. The van der Waals surface area contributed by atoms with Crippen molar-refractivity contribution in [1.29, 1.82) is 0 Å². The summed E-state index contributed by atoms with van der Waals surface area (Å²) < 4.78 is 18.4. The van der Waals surface area contributed by atoms with Crippen LogP contribution in [-0.4, -0.2) is 17.5 Å². The van der Waals surface area contributed by atoms with Crippen molar-refractivity contribution < 1.29 is 14.2 Å². The van der Waals surface area contributed by atoms with Crippen molar-refractivity contribution >= 4 is 21.6 Å². The van der Waals surface area contributed by atoms with Gasteiger partial charge in [0.05, 0.1) is 11.8 Å². The van der Waals surface area contributed by atoms with Gasteiger partial charge in [-0.25, -0.2) is 5.01 Å². The van der Waals surface area contributed by atoms with Gasteiger partial charge in [-0.1, -0.05) is 46.3 Å². The van der Waals surface area contributed by atoms with Crippen LogP contribution in [0.25, 0.3) is 0 Å². The van der Waals surface area contributed by atoms with E-state index in [1.165, 1.54) is 5.56 Å². The average Bonchev–Trinajstić information content (AvgIpc) is 3.40. The quantitative estimate of drug-likeness (QED) is 0.524. The van der Waals surface area contributed by atoms with E-state index in [0.29, 0.717) is 0 Å². The largest absolute Gasteiger partial charge is 0.464 e. The molecule has 0 amide bonds. The first-order valence-electron chi connectivity index (χ1n) is 9.53. The summed E-state index contributed by atoms with van der Waals surface area (Å²) in [5, 5.41) is 7.09. The molecule has 3 aromatic carbocycles. The monoisotopic (exact) mass is 448 g/mol. The second kappa shape index (κ2) is 6.52. The zero-order valence-corrected chi connectivity index (χ0v) is 17.0. The van der Waals surface area contributed by atoms with Gasteiger partial charge in [-0.05, 0) is 36.4 Å². The highest BCUT2D eigenvalue weighted by Crippen LogP contribution is 2.48. The molecule has 0 aliphatic carbocycles. The standard InChI is InChI=1S/C23H17BrN2O3/c24-16-5-3-4-15(10-16)23-26-19(17-6-1-2-7-20(17)29-23)12-18(25-26)14-8-9-21-22(11-14)28-13-27-21/h1-11,19,23H,12-13H2/t19-,23+/m1/s1. The predicted octanol–water partition coefficient (Wildman–Crippen LogP) is 5.42. The normalized spacial score (nSPS) is 21.3. The van der Waals surface area contributed by atoms with Gasteiger partial charge in [0.1, 0.15) is 5.75 Å². The minimum atomic E-state index is -0.279. The topological polar surface area (TPSA) is 43.3 Å². The molecule has 144 valence electrons. The van der Waals surface area contributed by atoms with Crippen molar-refractivity contribution in [3.05, 3.63) is 87.9 Å². The van der Waals surface area contributed by atoms with Gasteiger partial charge in [0, 0.05) is 27.6 Å². The maximum atomic E-state index is 6.40. The molecule has 0 unspecified atom stereocenters. The minimum absolute atomic E-state index is 0.129. The lowest BCUT2D eigenvalue weighted by Gasteiger charge is -2.38. The van der Waals surface area contributed by atoms with E-state index in [9.17, 15) is 0 Å². The third-order valence-electron chi connectivity index (χ3n) is 5.54. The molecule has 2 atom stereocenters. The summed E-state index contributed by atoms with van der Waals surface area (Å²) in [5.41, 5.74) is 4.30. The highest BCUT2D eigenvalue weighted by Gasteiger charge is 2.41. The van der Waals surface area contributed by atoms with Crippen molar-refractivity contribution in [1.82, 2.24) is 5.01 Å². The summed E-state index contributed by atoms with van der Waals surface area (Å²) in [4.78, 5) is 0. The van der Waals surface area contributed by atoms with Crippen LogP contribution in [-0.2, 0) is 0 Å². The van der Waals surface area contributed by atoms with Gasteiger partial charge in [-0.15, -0.1) is 0 Å². The van der Waals surface area contributed by atoms with E-state index >= 15 is 0 Å². The Morgan fingerprint density at radius 3 is 2.72 bits per heavy atom. The molecule has 0 bridgehead atoms. The van der Waals surface area contributed by atoms with Crippen LogP contribution in [0.3, 0.4) is 0 Å². The summed E-state index contributed by atoms with van der Waals surface area (Å²) in [7, 11) is 0. The van der Waals surface area contributed by atoms with Gasteiger partial charge in [0.2, 0.25) is 13.0 Å². The number of benzene rings is 3. The molecular weight excluding hydrogens is 432 g/mol. The fourth-order valence-corrected chi connectivity index (χ4v) is 4.58. The third kappa shape index (κ3) is 2.78. The van der Waals surface area contributed by atoms with Crippen LogP contribution in [0.4, 0.5) is 0 Å². The van der Waals surface area contributed by atoms with E-state index in [-0.39, 0.29) is 19.1 Å². The van der Waals surface area contributed by atoms with Crippen LogP contribution in [0, 0.1) is 0 Å². The number of nitrogens with zero attached hydrogens (tertiary/aromatic N) is 2. The summed E-state index contributed by atoms with van der Waals surface area (Å²) in [6, 6.07) is 22.6. The minimum Gasteiger partial charge on any atom is -0.464 e. The van der Waals surface area contributed by atoms with Gasteiger partial charge < -0.3 is 14.2 Å². The fourth-order valence-electron chi connectivity index (χ4n) is 4.16. The Balaban J connectivity index is 1.44. The molecule has 0 spiro atoms. The molecule has 0 saturated carbocycles. The Morgan fingerprint density at radius 1 is 0.897 bits per heavy atom. The van der Waals surface area contributed by atoms with Crippen molar-refractivity contribution in [2.45, 2.75) is 18.7 Å². The molecule has 0 radical (unpaired) electrons. The molecule has 6 heteroatoms. The number of hydrogen-bond donors (Lipinski definition) is 0. The number of hydrazone groups is 1. The van der Waals surface area contributed by atoms with Crippen LogP contribution in [0.2, 0.25) is 0 Å². The van der Waals surface area contributed by atoms with Crippen LogP contribution in [0.1, 0.15) is 35.4 Å². The maximum absolute atomic E-state index is 6.40. The lowest BCUT2D eigenvalue weighted by molar-refractivity contribution is -0.0190. The van der Waals surface area contributed by atoms with Crippen LogP contribution >= 0.6 is 15.9 Å². The van der Waals surface area contributed by atoms with Crippen LogP contribution in [0.15, 0.2) is 76.3 Å². The molecule has 0 aromatic heterocycles. The Kier molecular flexibility index (Phi) is 3.81. The van der Waals surface area contributed by atoms with Crippen molar-refractivity contribution in [2.24, 2.45) is 5.10 Å². The van der Waals surface area contributed by atoms with Gasteiger partial charge in [0.15, 0.2) is 11.5 Å². The molecule has 5 nitrogen and oxygen atoms in total. The van der Waals surface area contributed by atoms with Crippen molar-refractivity contribution in [2.75, 3.05) is 6.79 Å². The third-order valence-corrected chi connectivity index (χ3v) is 6.03. The summed E-state index contributed by atoms with van der Waals surface area (Å²) in [6.07, 6.45) is 0.531. The first kappa shape index (κ1) is 16.9. The molecular formula is C23H17BrN2O3. The molecule has 3 aliphatic heterocycles. The zero-order chi connectivity index (χ0) is 19.4. The Hall–Kier alpha value is -2.99. The second-order valence-electron chi connectivity index (χ2n) is 7.28. The smallest absolute Gasteiger partial charge is 0.231 e. The van der Waals surface area contributed by atoms with Crippen molar-refractivity contribution in [3.63, 3.8) is 0 Å². The molecule has 0 saturated heterocycles. The number of hydrogen-bond acceptors (Lipinski definition) is 5. The number of para-hydroxylation sites is 1. The average molecular weight is 449 g/mol. The molecule has 3 heterocycles. The lowest BCUT2D eigenvalue weighted by Crippen LogP contribution is -2.33. The van der Waals surface area contributed by atoms with E-state index in [2.05, 4.69) is 45.2 Å². The van der Waals surface area contributed by atoms with E-state index in [0.717, 1.165) is 45.0 Å². The molecule has 29 heavy (non-hydrogen) atoms.